The number of anilines is 2. The third-order valence-corrected chi connectivity index (χ3v) is 7.17. The van der Waals surface area contributed by atoms with Crippen LogP contribution in [0.2, 0.25) is 0 Å². The van der Waals surface area contributed by atoms with E-state index in [-0.39, 0.29) is 36.6 Å². The van der Waals surface area contributed by atoms with Crippen molar-refractivity contribution in [3.8, 4) is 0 Å². The fraction of sp³-hybridized carbons (Fsp3) is 0.400. The molecule has 176 valence electrons. The van der Waals surface area contributed by atoms with Gasteiger partial charge in [-0.3, -0.25) is 14.5 Å². The third-order valence-electron chi connectivity index (χ3n) is 5.96. The summed E-state index contributed by atoms with van der Waals surface area (Å²) in [7, 11) is 4.06. The second-order valence-electron chi connectivity index (χ2n) is 8.76. The number of nitrogens with zero attached hydrogens (tertiary/aromatic N) is 4. The lowest BCUT2D eigenvalue weighted by Crippen LogP contribution is -2.39. The van der Waals surface area contributed by atoms with Crippen molar-refractivity contribution in [2.45, 2.75) is 26.7 Å². The Hall–Kier alpha value is -2.48. The van der Waals surface area contributed by atoms with Crippen LogP contribution in [0, 0.1) is 19.8 Å². The van der Waals surface area contributed by atoms with Gasteiger partial charge in [-0.1, -0.05) is 41.7 Å². The van der Waals surface area contributed by atoms with Crippen LogP contribution in [0.1, 0.15) is 24.0 Å². The molecule has 0 aliphatic carbocycles. The molecule has 1 saturated heterocycles. The predicted molar refractivity (Wildman–Crippen MR) is 139 cm³/mol. The summed E-state index contributed by atoms with van der Waals surface area (Å²) >= 11 is 1.57. The molecule has 1 unspecified atom stereocenters. The van der Waals surface area contributed by atoms with Crippen LogP contribution in [0.4, 0.5) is 10.8 Å². The van der Waals surface area contributed by atoms with E-state index >= 15 is 0 Å². The second kappa shape index (κ2) is 10.6. The number of rotatable bonds is 7. The van der Waals surface area contributed by atoms with Crippen LogP contribution in [0.15, 0.2) is 42.5 Å². The summed E-state index contributed by atoms with van der Waals surface area (Å²) in [6, 6.07) is 13.8. The maximum absolute atomic E-state index is 13.7. The lowest BCUT2D eigenvalue weighted by Gasteiger charge is -2.24. The van der Waals surface area contributed by atoms with E-state index in [0.717, 1.165) is 39.6 Å². The van der Waals surface area contributed by atoms with Crippen molar-refractivity contribution in [3.05, 3.63) is 53.6 Å². The van der Waals surface area contributed by atoms with Crippen LogP contribution in [0.3, 0.4) is 0 Å². The Morgan fingerprint density at radius 3 is 2.45 bits per heavy atom. The number of hydrogen-bond donors (Lipinski definition) is 0. The van der Waals surface area contributed by atoms with Gasteiger partial charge in [0.25, 0.3) is 0 Å². The van der Waals surface area contributed by atoms with E-state index in [4.69, 9.17) is 4.98 Å². The van der Waals surface area contributed by atoms with Gasteiger partial charge in [0.1, 0.15) is 0 Å². The molecule has 1 atom stereocenters. The van der Waals surface area contributed by atoms with Gasteiger partial charge < -0.3 is 9.80 Å². The third kappa shape index (κ3) is 5.37. The Bertz CT molecular complexity index is 1090. The number of amides is 2. The molecule has 2 heterocycles. The van der Waals surface area contributed by atoms with E-state index in [0.29, 0.717) is 13.1 Å². The highest BCUT2D eigenvalue weighted by Gasteiger charge is 2.38. The Morgan fingerprint density at radius 1 is 1.09 bits per heavy atom. The number of aromatic nitrogens is 1. The van der Waals surface area contributed by atoms with Crippen molar-refractivity contribution in [1.82, 2.24) is 9.88 Å². The minimum absolute atomic E-state index is 0. The van der Waals surface area contributed by atoms with E-state index in [1.807, 2.05) is 49.3 Å². The standard InChI is InChI=1S/C25H30N4O2S.ClH/c1-17-11-12-18(2)23-22(17)26-25(32-23)28(14-8-13-27(3)4)24(31)19-15-21(30)29(16-19)20-9-6-5-7-10-20;/h5-7,9-12,19H,8,13-16H2,1-4H3;1H. The average molecular weight is 487 g/mol. The molecule has 1 aliphatic rings. The molecule has 2 aromatic carbocycles. The summed E-state index contributed by atoms with van der Waals surface area (Å²) < 4.78 is 1.12. The molecule has 33 heavy (non-hydrogen) atoms. The number of thiazole rings is 1. The van der Waals surface area contributed by atoms with Gasteiger partial charge >= 0.3 is 0 Å². The van der Waals surface area contributed by atoms with E-state index in [9.17, 15) is 9.59 Å². The van der Waals surface area contributed by atoms with Crippen LogP contribution >= 0.6 is 23.7 Å². The van der Waals surface area contributed by atoms with Crippen LogP contribution < -0.4 is 9.80 Å². The Morgan fingerprint density at radius 2 is 1.79 bits per heavy atom. The molecule has 4 rings (SSSR count). The van der Waals surface area contributed by atoms with E-state index in [1.54, 1.807) is 16.2 Å². The molecule has 0 bridgehead atoms. The monoisotopic (exact) mass is 486 g/mol. The van der Waals surface area contributed by atoms with Crippen LogP contribution in [-0.4, -0.2) is 55.4 Å². The van der Waals surface area contributed by atoms with Crippen LogP contribution in [-0.2, 0) is 9.59 Å². The number of aryl methyl sites for hydroxylation is 2. The SMILES string of the molecule is Cc1ccc(C)c2sc(N(CCCN(C)C)C(=O)C3CC(=O)N(c4ccccc4)C3)nc12.Cl. The van der Waals surface area contributed by atoms with E-state index < -0.39 is 0 Å². The first kappa shape index (κ1) is 25.1. The first-order valence-corrected chi connectivity index (χ1v) is 11.8. The number of fused-ring (bicyclic) bond motifs is 1. The van der Waals surface area contributed by atoms with Crippen molar-refractivity contribution >= 4 is 56.6 Å². The van der Waals surface area contributed by atoms with Gasteiger partial charge in [-0.25, -0.2) is 4.98 Å². The molecular formula is C25H31ClN4O2S. The van der Waals surface area contributed by atoms with Crippen molar-refractivity contribution in [1.29, 1.82) is 0 Å². The lowest BCUT2D eigenvalue weighted by molar-refractivity contribution is -0.124. The average Bonchev–Trinajstić information content (AvgIpc) is 3.39. The van der Waals surface area contributed by atoms with Crippen molar-refractivity contribution in [2.24, 2.45) is 5.92 Å². The van der Waals surface area contributed by atoms with Gasteiger partial charge in [0.2, 0.25) is 11.8 Å². The van der Waals surface area contributed by atoms with Gasteiger partial charge in [0, 0.05) is 25.2 Å². The minimum Gasteiger partial charge on any atom is -0.312 e. The highest BCUT2D eigenvalue weighted by atomic mass is 35.5. The van der Waals surface area contributed by atoms with Gasteiger partial charge in [-0.15, -0.1) is 12.4 Å². The molecule has 0 saturated carbocycles. The zero-order valence-electron chi connectivity index (χ0n) is 19.6. The van der Waals surface area contributed by atoms with Gasteiger partial charge in [0.15, 0.2) is 5.13 Å². The molecule has 0 N–H and O–H groups in total. The first-order valence-electron chi connectivity index (χ1n) is 11.0. The van der Waals surface area contributed by atoms with Gasteiger partial charge in [0.05, 0.1) is 16.1 Å². The fourth-order valence-corrected chi connectivity index (χ4v) is 5.30. The molecule has 1 aromatic heterocycles. The maximum Gasteiger partial charge on any atom is 0.234 e. The zero-order chi connectivity index (χ0) is 22.8. The first-order chi connectivity index (χ1) is 15.3. The molecule has 8 heteroatoms. The minimum atomic E-state index is -0.365. The highest BCUT2D eigenvalue weighted by Crippen LogP contribution is 2.35. The number of para-hydroxylation sites is 1. The number of carbonyl (C=O) groups is 2. The Balaban J connectivity index is 0.00000306. The molecule has 1 aliphatic heterocycles. The smallest absolute Gasteiger partial charge is 0.234 e. The fourth-order valence-electron chi connectivity index (χ4n) is 4.16. The number of halogens is 1. The van der Waals surface area contributed by atoms with Crippen LogP contribution in [0.25, 0.3) is 10.2 Å². The summed E-state index contributed by atoms with van der Waals surface area (Å²) in [6.45, 7) is 6.01. The Labute approximate surface area is 205 Å². The molecule has 0 spiro atoms. The molecule has 2 amide bonds. The predicted octanol–water partition coefficient (Wildman–Crippen LogP) is 4.67. The molecule has 1 fully saturated rings. The maximum atomic E-state index is 13.7. The van der Waals surface area contributed by atoms with E-state index in [2.05, 4.69) is 30.9 Å². The van der Waals surface area contributed by atoms with Gasteiger partial charge in [-0.05, 0) is 64.2 Å². The summed E-state index contributed by atoms with van der Waals surface area (Å²) in [5.41, 5.74) is 4.09. The second-order valence-corrected chi connectivity index (χ2v) is 9.74. The zero-order valence-corrected chi connectivity index (χ0v) is 21.2. The number of benzene rings is 2. The summed E-state index contributed by atoms with van der Waals surface area (Å²) in [6.07, 6.45) is 1.08. The summed E-state index contributed by atoms with van der Waals surface area (Å²) in [5.74, 6) is -0.375. The van der Waals surface area contributed by atoms with Crippen molar-refractivity contribution < 1.29 is 9.59 Å². The normalized spacial score (nSPS) is 15.8. The van der Waals surface area contributed by atoms with Crippen molar-refractivity contribution in [2.75, 3.05) is 43.5 Å². The number of hydrogen-bond acceptors (Lipinski definition) is 5. The largest absolute Gasteiger partial charge is 0.312 e. The summed E-state index contributed by atoms with van der Waals surface area (Å²) in [5, 5.41) is 0.728. The Kier molecular flexibility index (Phi) is 8.10. The molecular weight excluding hydrogens is 456 g/mol. The number of carbonyl (C=O) groups excluding carboxylic acids is 2. The molecule has 6 nitrogen and oxygen atoms in total. The molecule has 3 aromatic rings. The quantitative estimate of drug-likeness (QED) is 0.487. The van der Waals surface area contributed by atoms with E-state index in [1.165, 1.54) is 5.56 Å². The van der Waals surface area contributed by atoms with Crippen LogP contribution in [0.5, 0.6) is 0 Å². The lowest BCUT2D eigenvalue weighted by atomic mass is 10.1. The highest BCUT2D eigenvalue weighted by molar-refractivity contribution is 7.22. The molecule has 0 radical (unpaired) electrons. The topological polar surface area (TPSA) is 56.8 Å². The van der Waals surface area contributed by atoms with Gasteiger partial charge in [-0.2, -0.15) is 0 Å². The van der Waals surface area contributed by atoms with Crippen molar-refractivity contribution in [3.63, 3.8) is 0 Å². The summed E-state index contributed by atoms with van der Waals surface area (Å²) in [4.78, 5) is 36.9.